The van der Waals surface area contributed by atoms with Gasteiger partial charge in [0, 0.05) is 12.1 Å². The van der Waals surface area contributed by atoms with Crippen LogP contribution in [0.5, 0.6) is 0 Å². The van der Waals surface area contributed by atoms with Crippen LogP contribution in [0.1, 0.15) is 54.0 Å². The molecule has 1 aliphatic heterocycles. The summed E-state index contributed by atoms with van der Waals surface area (Å²) in [4.78, 5) is 27.0. The molecule has 1 N–H and O–H groups in total. The van der Waals surface area contributed by atoms with Crippen molar-refractivity contribution in [2.24, 2.45) is 0 Å². The second-order valence-electron chi connectivity index (χ2n) is 7.09. The van der Waals surface area contributed by atoms with Gasteiger partial charge in [0.25, 0.3) is 11.7 Å². The third-order valence-corrected chi connectivity index (χ3v) is 5.10. The van der Waals surface area contributed by atoms with E-state index < -0.39 is 17.7 Å². The van der Waals surface area contributed by atoms with Gasteiger partial charge < -0.3 is 14.4 Å². The van der Waals surface area contributed by atoms with Crippen LogP contribution in [0.2, 0.25) is 0 Å². The van der Waals surface area contributed by atoms with Crippen LogP contribution in [0.3, 0.4) is 0 Å². The van der Waals surface area contributed by atoms with Crippen LogP contribution in [0.15, 0.2) is 40.3 Å². The lowest BCUT2D eigenvalue weighted by molar-refractivity contribution is -0.140. The summed E-state index contributed by atoms with van der Waals surface area (Å²) in [5.74, 6) is -0.228. The maximum absolute atomic E-state index is 12.8. The molecule has 2 heterocycles. The molecule has 1 atom stereocenters. The van der Waals surface area contributed by atoms with E-state index in [0.717, 1.165) is 24.0 Å². The van der Waals surface area contributed by atoms with E-state index in [1.807, 2.05) is 39.8 Å². The Labute approximate surface area is 159 Å². The summed E-state index contributed by atoms with van der Waals surface area (Å²) in [7, 11) is 0. The van der Waals surface area contributed by atoms with E-state index in [4.69, 9.17) is 4.42 Å². The Hall–Kier alpha value is -2.82. The van der Waals surface area contributed by atoms with Gasteiger partial charge in [-0.2, -0.15) is 0 Å². The number of aryl methyl sites for hydroxylation is 3. The molecule has 0 spiro atoms. The molecule has 142 valence electrons. The van der Waals surface area contributed by atoms with Gasteiger partial charge in [0.1, 0.15) is 23.3 Å². The number of aliphatic hydroxyl groups is 1. The summed E-state index contributed by atoms with van der Waals surface area (Å²) in [6.45, 7) is 8.20. The van der Waals surface area contributed by atoms with E-state index in [1.54, 1.807) is 18.2 Å². The number of nitrogens with zero attached hydrogens (tertiary/aromatic N) is 1. The van der Waals surface area contributed by atoms with Gasteiger partial charge in [-0.1, -0.05) is 25.5 Å². The van der Waals surface area contributed by atoms with Crippen molar-refractivity contribution in [2.75, 3.05) is 6.54 Å². The van der Waals surface area contributed by atoms with Crippen molar-refractivity contribution < 1.29 is 19.1 Å². The fourth-order valence-electron chi connectivity index (χ4n) is 3.38. The van der Waals surface area contributed by atoms with Crippen LogP contribution in [0.25, 0.3) is 5.76 Å². The third kappa shape index (κ3) is 3.42. The van der Waals surface area contributed by atoms with Gasteiger partial charge in [0.05, 0.1) is 5.57 Å². The number of carbonyl (C=O) groups excluding carboxylic acids is 2. The molecule has 0 aliphatic carbocycles. The Balaban J connectivity index is 2.16. The summed E-state index contributed by atoms with van der Waals surface area (Å²) in [5, 5.41) is 10.9. The van der Waals surface area contributed by atoms with E-state index in [9.17, 15) is 14.7 Å². The second-order valence-corrected chi connectivity index (χ2v) is 7.09. The molecule has 0 radical (unpaired) electrons. The van der Waals surface area contributed by atoms with Crippen LogP contribution in [-0.2, 0) is 9.59 Å². The van der Waals surface area contributed by atoms with Gasteiger partial charge in [-0.3, -0.25) is 9.59 Å². The minimum atomic E-state index is -0.702. The minimum Gasteiger partial charge on any atom is -0.507 e. The predicted molar refractivity (Wildman–Crippen MR) is 103 cm³/mol. The van der Waals surface area contributed by atoms with E-state index in [0.29, 0.717) is 23.6 Å². The first kappa shape index (κ1) is 19.0. The zero-order chi connectivity index (χ0) is 19.7. The molecular formula is C22H25NO4. The highest BCUT2D eigenvalue weighted by Gasteiger charge is 2.47. The number of ketones is 1. The Morgan fingerprint density at radius 3 is 2.44 bits per heavy atom. The number of benzene rings is 1. The SMILES string of the molecule is CCCCN1C(=O)C(=O)/C(=C(\O)c2ccc(C)c(C)c2)C1c1ccc(C)o1. The molecule has 1 aromatic heterocycles. The van der Waals surface area contributed by atoms with Crippen LogP contribution < -0.4 is 0 Å². The Morgan fingerprint density at radius 1 is 1.11 bits per heavy atom. The molecule has 1 fully saturated rings. The minimum absolute atomic E-state index is 0.0914. The van der Waals surface area contributed by atoms with Crippen LogP contribution in [-0.4, -0.2) is 28.2 Å². The molecule has 1 aromatic carbocycles. The van der Waals surface area contributed by atoms with Crippen LogP contribution >= 0.6 is 0 Å². The number of rotatable bonds is 5. The molecular weight excluding hydrogens is 342 g/mol. The molecule has 27 heavy (non-hydrogen) atoms. The first-order valence-corrected chi connectivity index (χ1v) is 9.27. The number of unbranched alkanes of at least 4 members (excludes halogenated alkanes) is 1. The maximum atomic E-state index is 12.8. The molecule has 1 saturated heterocycles. The average molecular weight is 367 g/mol. The van der Waals surface area contributed by atoms with Crippen molar-refractivity contribution in [2.45, 2.75) is 46.6 Å². The lowest BCUT2D eigenvalue weighted by atomic mass is 9.97. The summed E-state index contributed by atoms with van der Waals surface area (Å²) in [6, 6.07) is 8.34. The maximum Gasteiger partial charge on any atom is 0.295 e. The number of Topliss-reactive ketones (excluding diaryl/α,β-unsaturated/α-hetero) is 1. The molecule has 5 nitrogen and oxygen atoms in total. The van der Waals surface area contributed by atoms with Gasteiger partial charge in [0.2, 0.25) is 0 Å². The fourth-order valence-corrected chi connectivity index (χ4v) is 3.38. The van der Waals surface area contributed by atoms with E-state index in [-0.39, 0.29) is 11.3 Å². The normalized spacial score (nSPS) is 19.1. The number of carbonyl (C=O) groups is 2. The highest BCUT2D eigenvalue weighted by atomic mass is 16.3. The van der Waals surface area contributed by atoms with Crippen molar-refractivity contribution in [3.8, 4) is 0 Å². The molecule has 3 rings (SSSR count). The summed E-state index contributed by atoms with van der Waals surface area (Å²) < 4.78 is 5.74. The average Bonchev–Trinajstić information content (AvgIpc) is 3.17. The monoisotopic (exact) mass is 367 g/mol. The van der Waals surface area contributed by atoms with Crippen LogP contribution in [0.4, 0.5) is 0 Å². The van der Waals surface area contributed by atoms with Gasteiger partial charge in [-0.15, -0.1) is 0 Å². The number of hydrogen-bond donors (Lipinski definition) is 1. The number of furan rings is 1. The lowest BCUT2D eigenvalue weighted by Crippen LogP contribution is -2.30. The second kappa shape index (κ2) is 7.43. The predicted octanol–water partition coefficient (Wildman–Crippen LogP) is 4.43. The van der Waals surface area contributed by atoms with E-state index >= 15 is 0 Å². The fraction of sp³-hybridized carbons (Fsp3) is 0.364. The van der Waals surface area contributed by atoms with Gasteiger partial charge in [-0.05, 0) is 56.5 Å². The lowest BCUT2D eigenvalue weighted by Gasteiger charge is -2.23. The van der Waals surface area contributed by atoms with Crippen LogP contribution in [0, 0.1) is 20.8 Å². The smallest absolute Gasteiger partial charge is 0.295 e. The van der Waals surface area contributed by atoms with Crippen molar-refractivity contribution in [3.05, 3.63) is 64.1 Å². The zero-order valence-corrected chi connectivity index (χ0v) is 16.2. The number of aliphatic hydroxyl groups excluding tert-OH is 1. The van der Waals surface area contributed by atoms with Gasteiger partial charge in [0.15, 0.2) is 0 Å². The molecule has 1 unspecified atom stereocenters. The highest BCUT2D eigenvalue weighted by molar-refractivity contribution is 6.46. The largest absolute Gasteiger partial charge is 0.507 e. The number of likely N-dealkylation sites (tertiary alicyclic amines) is 1. The number of hydrogen-bond acceptors (Lipinski definition) is 4. The molecule has 2 aromatic rings. The summed E-state index contributed by atoms with van der Waals surface area (Å²) in [6.07, 6.45) is 1.66. The summed E-state index contributed by atoms with van der Waals surface area (Å²) >= 11 is 0. The quantitative estimate of drug-likeness (QED) is 0.482. The van der Waals surface area contributed by atoms with Crippen molar-refractivity contribution in [1.29, 1.82) is 0 Å². The zero-order valence-electron chi connectivity index (χ0n) is 16.2. The Kier molecular flexibility index (Phi) is 5.22. The van der Waals surface area contributed by atoms with E-state index in [1.165, 1.54) is 4.90 Å². The Morgan fingerprint density at radius 2 is 1.85 bits per heavy atom. The molecule has 0 saturated carbocycles. The molecule has 0 bridgehead atoms. The third-order valence-electron chi connectivity index (χ3n) is 5.10. The summed E-state index contributed by atoms with van der Waals surface area (Å²) in [5.41, 5.74) is 2.71. The Bertz CT molecular complexity index is 922. The standard InChI is InChI=1S/C22H25NO4/c1-5-6-11-23-19(17-10-8-15(4)27-17)18(21(25)22(23)26)20(24)16-9-7-13(2)14(3)12-16/h7-10,12,19,24H,5-6,11H2,1-4H3/b20-18-. The molecule has 5 heteroatoms. The topological polar surface area (TPSA) is 70.8 Å². The number of amides is 1. The first-order valence-electron chi connectivity index (χ1n) is 9.27. The van der Waals surface area contributed by atoms with Gasteiger partial charge in [-0.25, -0.2) is 0 Å². The van der Waals surface area contributed by atoms with Crippen molar-refractivity contribution >= 4 is 17.4 Å². The first-order chi connectivity index (χ1) is 12.8. The van der Waals surface area contributed by atoms with E-state index in [2.05, 4.69) is 0 Å². The molecule has 1 amide bonds. The van der Waals surface area contributed by atoms with Gasteiger partial charge >= 0.3 is 0 Å². The van der Waals surface area contributed by atoms with Crippen molar-refractivity contribution in [1.82, 2.24) is 4.90 Å². The highest BCUT2D eigenvalue weighted by Crippen LogP contribution is 2.40. The molecule has 1 aliphatic rings. The van der Waals surface area contributed by atoms with Crippen molar-refractivity contribution in [3.63, 3.8) is 0 Å².